The summed E-state index contributed by atoms with van der Waals surface area (Å²) >= 11 is 1.70. The van der Waals surface area contributed by atoms with E-state index in [1.54, 1.807) is 11.3 Å². The van der Waals surface area contributed by atoms with Gasteiger partial charge in [-0.1, -0.05) is 12.1 Å². The second kappa shape index (κ2) is 5.64. The van der Waals surface area contributed by atoms with Crippen molar-refractivity contribution in [3.8, 4) is 17.0 Å². The molecule has 0 bridgehead atoms. The van der Waals surface area contributed by atoms with Gasteiger partial charge in [-0.05, 0) is 23.6 Å². The van der Waals surface area contributed by atoms with E-state index in [1.807, 2.05) is 36.0 Å². The predicted octanol–water partition coefficient (Wildman–Crippen LogP) is 3.06. The lowest BCUT2D eigenvalue weighted by atomic mass is 10.1. The molecule has 3 aromatic rings. The minimum atomic E-state index is 0.149. The molecule has 20 heavy (non-hydrogen) atoms. The van der Waals surface area contributed by atoms with E-state index in [0.29, 0.717) is 13.0 Å². The summed E-state index contributed by atoms with van der Waals surface area (Å²) in [7, 11) is 1.96. The number of rotatable bonds is 5. The number of benzene rings is 1. The minimum Gasteiger partial charge on any atom is -0.493 e. The highest BCUT2D eigenvalue weighted by atomic mass is 32.1. The van der Waals surface area contributed by atoms with Gasteiger partial charge < -0.3 is 9.84 Å². The van der Waals surface area contributed by atoms with Crippen LogP contribution >= 0.6 is 11.3 Å². The summed E-state index contributed by atoms with van der Waals surface area (Å²) in [6.07, 6.45) is 0.642. The van der Waals surface area contributed by atoms with Crippen LogP contribution in [0.25, 0.3) is 21.5 Å². The highest BCUT2D eigenvalue weighted by Crippen LogP contribution is 2.33. The Labute approximate surface area is 121 Å². The summed E-state index contributed by atoms with van der Waals surface area (Å²) in [5, 5.41) is 15.5. The average Bonchev–Trinajstić information content (AvgIpc) is 3.04. The van der Waals surface area contributed by atoms with E-state index in [4.69, 9.17) is 9.84 Å². The molecule has 0 saturated carbocycles. The van der Waals surface area contributed by atoms with Gasteiger partial charge >= 0.3 is 0 Å². The van der Waals surface area contributed by atoms with Crippen LogP contribution in [0.15, 0.2) is 35.7 Å². The molecule has 5 heteroatoms. The van der Waals surface area contributed by atoms with Gasteiger partial charge in [0.1, 0.15) is 11.4 Å². The van der Waals surface area contributed by atoms with E-state index < -0.39 is 0 Å². The van der Waals surface area contributed by atoms with Crippen LogP contribution < -0.4 is 4.74 Å². The largest absolute Gasteiger partial charge is 0.493 e. The molecule has 0 radical (unpaired) electrons. The second-order valence-electron chi connectivity index (χ2n) is 4.56. The van der Waals surface area contributed by atoms with Crippen molar-refractivity contribution in [2.24, 2.45) is 7.05 Å². The number of hydrogen-bond acceptors (Lipinski definition) is 4. The van der Waals surface area contributed by atoms with E-state index in [2.05, 4.69) is 16.5 Å². The van der Waals surface area contributed by atoms with Gasteiger partial charge in [-0.25, -0.2) is 0 Å². The Bertz CT molecular complexity index is 718. The third-order valence-corrected chi connectivity index (χ3v) is 4.05. The average molecular weight is 288 g/mol. The number of ether oxygens (including phenoxy) is 1. The van der Waals surface area contributed by atoms with E-state index in [9.17, 15) is 0 Å². The van der Waals surface area contributed by atoms with Crippen LogP contribution in [0.4, 0.5) is 0 Å². The van der Waals surface area contributed by atoms with Crippen LogP contribution in [0.1, 0.15) is 6.42 Å². The first kappa shape index (κ1) is 13.1. The third kappa shape index (κ3) is 2.42. The second-order valence-corrected chi connectivity index (χ2v) is 5.48. The Morgan fingerprint density at radius 3 is 3.10 bits per heavy atom. The first-order chi connectivity index (χ1) is 9.79. The van der Waals surface area contributed by atoms with Gasteiger partial charge in [0.2, 0.25) is 0 Å². The molecule has 0 aliphatic rings. The van der Waals surface area contributed by atoms with Gasteiger partial charge in [0.15, 0.2) is 0 Å². The maximum atomic E-state index is 8.78. The number of aryl methyl sites for hydroxylation is 1. The first-order valence-corrected chi connectivity index (χ1v) is 7.42. The van der Waals surface area contributed by atoms with Crippen molar-refractivity contribution >= 4 is 21.6 Å². The lowest BCUT2D eigenvalue weighted by Crippen LogP contribution is -1.99. The molecule has 0 atom stereocenters. The fourth-order valence-corrected chi connectivity index (χ4v) is 3.08. The van der Waals surface area contributed by atoms with Crippen molar-refractivity contribution in [3.63, 3.8) is 0 Å². The van der Waals surface area contributed by atoms with Gasteiger partial charge in [0, 0.05) is 25.6 Å². The van der Waals surface area contributed by atoms with E-state index in [-0.39, 0.29) is 6.61 Å². The maximum absolute atomic E-state index is 8.78. The Hall–Kier alpha value is -1.85. The lowest BCUT2D eigenvalue weighted by molar-refractivity contribution is 0.233. The van der Waals surface area contributed by atoms with Crippen LogP contribution in [0.5, 0.6) is 5.75 Å². The number of hydrogen-bond donors (Lipinski definition) is 1. The molecule has 0 spiro atoms. The van der Waals surface area contributed by atoms with Gasteiger partial charge in [0.25, 0.3) is 0 Å². The molecular formula is C15H16N2O2S. The molecule has 0 aliphatic carbocycles. The van der Waals surface area contributed by atoms with Crippen LogP contribution in [0.2, 0.25) is 0 Å². The summed E-state index contributed by atoms with van der Waals surface area (Å²) < 4.78 is 8.72. The molecule has 4 nitrogen and oxygen atoms in total. The summed E-state index contributed by atoms with van der Waals surface area (Å²) in [6.45, 7) is 0.673. The molecule has 1 N–H and O–H groups in total. The molecule has 0 saturated heterocycles. The molecule has 0 fully saturated rings. The highest BCUT2D eigenvalue weighted by molar-refractivity contribution is 7.17. The van der Waals surface area contributed by atoms with Crippen LogP contribution in [0, 0.1) is 0 Å². The Kier molecular flexibility index (Phi) is 3.71. The SMILES string of the molecule is Cn1nc(-c2cccc(OCCCO)c2)c2sccc21. The fraction of sp³-hybridized carbons (Fsp3) is 0.267. The molecule has 2 heterocycles. The van der Waals surface area contributed by atoms with Crippen molar-refractivity contribution in [1.29, 1.82) is 0 Å². The zero-order valence-corrected chi connectivity index (χ0v) is 12.1. The number of thiophene rings is 1. The summed E-state index contributed by atoms with van der Waals surface area (Å²) in [4.78, 5) is 0. The maximum Gasteiger partial charge on any atom is 0.119 e. The fourth-order valence-electron chi connectivity index (χ4n) is 2.16. The molecule has 104 valence electrons. The van der Waals surface area contributed by atoms with Gasteiger partial charge in [0.05, 0.1) is 16.8 Å². The normalized spacial score (nSPS) is 11.1. The van der Waals surface area contributed by atoms with Gasteiger partial charge in [-0.15, -0.1) is 11.3 Å². The topological polar surface area (TPSA) is 47.3 Å². The Balaban J connectivity index is 1.93. The monoisotopic (exact) mass is 288 g/mol. The predicted molar refractivity (Wildman–Crippen MR) is 81.2 cm³/mol. The van der Waals surface area contributed by atoms with Crippen molar-refractivity contribution in [2.75, 3.05) is 13.2 Å². The molecule has 0 amide bonds. The third-order valence-electron chi connectivity index (χ3n) is 3.14. The summed E-state index contributed by atoms with van der Waals surface area (Å²) in [6, 6.07) is 10.0. The van der Waals surface area contributed by atoms with E-state index in [1.165, 1.54) is 4.70 Å². The number of fused-ring (bicyclic) bond motifs is 1. The number of aromatic nitrogens is 2. The summed E-state index contributed by atoms with van der Waals surface area (Å²) in [5.74, 6) is 0.811. The van der Waals surface area contributed by atoms with Crippen molar-refractivity contribution in [3.05, 3.63) is 35.7 Å². The smallest absolute Gasteiger partial charge is 0.119 e. The number of nitrogens with zero attached hydrogens (tertiary/aromatic N) is 2. The number of aliphatic hydroxyl groups excluding tert-OH is 1. The molecule has 2 aromatic heterocycles. The summed E-state index contributed by atoms with van der Waals surface area (Å²) in [5.41, 5.74) is 3.20. The first-order valence-electron chi connectivity index (χ1n) is 6.54. The van der Waals surface area contributed by atoms with E-state index >= 15 is 0 Å². The zero-order valence-electron chi connectivity index (χ0n) is 11.2. The van der Waals surface area contributed by atoms with Crippen molar-refractivity contribution < 1.29 is 9.84 Å². The standard InChI is InChI=1S/C15H16N2O2S/c1-17-13-6-9-20-15(13)14(16-17)11-4-2-5-12(10-11)19-8-3-7-18/h2,4-6,9-10,18H,3,7-8H2,1H3. The Morgan fingerprint density at radius 2 is 2.25 bits per heavy atom. The highest BCUT2D eigenvalue weighted by Gasteiger charge is 2.12. The molecule has 1 aromatic carbocycles. The van der Waals surface area contributed by atoms with Crippen molar-refractivity contribution in [1.82, 2.24) is 9.78 Å². The quantitative estimate of drug-likeness (QED) is 0.734. The zero-order chi connectivity index (χ0) is 13.9. The molecule has 0 aliphatic heterocycles. The van der Waals surface area contributed by atoms with Crippen LogP contribution in [0.3, 0.4) is 0 Å². The molecule has 0 unspecified atom stereocenters. The minimum absolute atomic E-state index is 0.149. The molecule has 3 rings (SSSR count). The number of aliphatic hydroxyl groups is 1. The van der Waals surface area contributed by atoms with Crippen LogP contribution in [-0.2, 0) is 7.05 Å². The Morgan fingerprint density at radius 1 is 1.35 bits per heavy atom. The van der Waals surface area contributed by atoms with Crippen LogP contribution in [-0.4, -0.2) is 28.1 Å². The lowest BCUT2D eigenvalue weighted by Gasteiger charge is -2.06. The van der Waals surface area contributed by atoms with Gasteiger partial charge in [-0.3, -0.25) is 4.68 Å². The molecular weight excluding hydrogens is 272 g/mol. The van der Waals surface area contributed by atoms with Crippen molar-refractivity contribution in [2.45, 2.75) is 6.42 Å². The van der Waals surface area contributed by atoms with Gasteiger partial charge in [-0.2, -0.15) is 5.10 Å². The van der Waals surface area contributed by atoms with E-state index in [0.717, 1.165) is 22.5 Å².